The molecule has 0 aromatic heterocycles. The number of anilines is 1. The van der Waals surface area contributed by atoms with Crippen LogP contribution >= 0.6 is 11.6 Å². The van der Waals surface area contributed by atoms with Gasteiger partial charge in [0.05, 0.1) is 11.0 Å². The minimum atomic E-state index is -0.289. The molecule has 2 fully saturated rings. The average Bonchev–Trinajstić information content (AvgIpc) is 3.23. The molecule has 2 aromatic carbocycles. The van der Waals surface area contributed by atoms with Crippen LogP contribution in [0, 0.1) is 27.9 Å². The maximum Gasteiger partial charge on any atom is 0.269 e. The Morgan fingerprint density at radius 1 is 1.08 bits per heavy atom. The van der Waals surface area contributed by atoms with E-state index in [2.05, 4.69) is 11.4 Å². The van der Waals surface area contributed by atoms with E-state index in [1.165, 1.54) is 19.3 Å². The van der Waals surface area contributed by atoms with Gasteiger partial charge in [-0.1, -0.05) is 29.8 Å². The van der Waals surface area contributed by atoms with Gasteiger partial charge in [0.15, 0.2) is 0 Å². The number of halogens is 1. The third-order valence-corrected chi connectivity index (χ3v) is 6.87. The molecule has 5 heteroatoms. The summed E-state index contributed by atoms with van der Waals surface area (Å²) in [6.45, 7) is 0. The second kappa shape index (κ2) is 5.46. The fourth-order valence-corrected chi connectivity index (χ4v) is 5.88. The van der Waals surface area contributed by atoms with Crippen LogP contribution in [0.15, 0.2) is 42.5 Å². The van der Waals surface area contributed by atoms with Gasteiger partial charge in [-0.2, -0.15) is 0 Å². The molecule has 3 aliphatic rings. The van der Waals surface area contributed by atoms with Gasteiger partial charge in [-0.3, -0.25) is 10.1 Å². The van der Waals surface area contributed by atoms with Crippen molar-refractivity contribution in [2.75, 3.05) is 5.32 Å². The van der Waals surface area contributed by atoms with Crippen LogP contribution in [-0.2, 0) is 0 Å². The quantitative estimate of drug-likeness (QED) is 0.568. The molecule has 5 unspecified atom stereocenters. The van der Waals surface area contributed by atoms with E-state index in [1.54, 1.807) is 12.1 Å². The predicted octanol–water partition coefficient (Wildman–Crippen LogP) is 5.54. The number of nitrogens with one attached hydrogen (secondary N) is 1. The van der Waals surface area contributed by atoms with Crippen molar-refractivity contribution in [1.29, 1.82) is 0 Å². The van der Waals surface area contributed by atoms with Gasteiger partial charge in [0, 0.05) is 22.8 Å². The van der Waals surface area contributed by atoms with Crippen molar-refractivity contribution in [2.24, 2.45) is 17.8 Å². The summed E-state index contributed by atoms with van der Waals surface area (Å²) in [4.78, 5) is 10.9. The number of hydrogen-bond donors (Lipinski definition) is 1. The van der Waals surface area contributed by atoms with Gasteiger partial charge >= 0.3 is 0 Å². The Kier molecular flexibility index (Phi) is 3.32. The molecule has 0 radical (unpaired) electrons. The zero-order chi connectivity index (χ0) is 17.1. The van der Waals surface area contributed by atoms with Crippen LogP contribution in [0.3, 0.4) is 0 Å². The molecule has 2 bridgehead atoms. The predicted molar refractivity (Wildman–Crippen MR) is 98.0 cm³/mol. The van der Waals surface area contributed by atoms with Gasteiger partial charge in [0.25, 0.3) is 5.69 Å². The van der Waals surface area contributed by atoms with Crippen LogP contribution in [0.1, 0.15) is 42.3 Å². The molecular formula is C20H19ClN2O2. The number of fused-ring (bicyclic) bond motifs is 7. The Morgan fingerprint density at radius 2 is 1.88 bits per heavy atom. The monoisotopic (exact) mass is 354 g/mol. The molecule has 0 amide bonds. The number of nitrogens with zero attached hydrogens (tertiary/aromatic N) is 1. The Balaban J connectivity index is 1.65. The lowest BCUT2D eigenvalue weighted by atomic mass is 9.68. The fourth-order valence-electron chi connectivity index (χ4n) is 5.62. The van der Waals surface area contributed by atoms with E-state index in [0.29, 0.717) is 23.7 Å². The summed E-state index contributed by atoms with van der Waals surface area (Å²) >= 11 is 6.51. The van der Waals surface area contributed by atoms with Crippen LogP contribution in [0.4, 0.5) is 11.4 Å². The highest BCUT2D eigenvalue weighted by Gasteiger charge is 2.54. The molecule has 1 heterocycles. The molecule has 1 aliphatic heterocycles. The van der Waals surface area contributed by atoms with Crippen molar-refractivity contribution in [1.82, 2.24) is 0 Å². The number of nitro groups is 1. The van der Waals surface area contributed by atoms with E-state index in [4.69, 9.17) is 11.6 Å². The van der Waals surface area contributed by atoms with Crippen LogP contribution in [0.2, 0.25) is 5.02 Å². The van der Waals surface area contributed by atoms with Gasteiger partial charge < -0.3 is 5.32 Å². The minimum Gasteiger partial charge on any atom is -0.378 e. The van der Waals surface area contributed by atoms with Crippen LogP contribution in [-0.4, -0.2) is 4.92 Å². The molecule has 2 saturated carbocycles. The Hall–Kier alpha value is -2.07. The highest BCUT2D eigenvalue weighted by Crippen LogP contribution is 2.64. The maximum absolute atomic E-state index is 11.2. The summed E-state index contributed by atoms with van der Waals surface area (Å²) in [5.74, 6) is 2.18. The first kappa shape index (κ1) is 15.2. The van der Waals surface area contributed by atoms with Gasteiger partial charge in [-0.05, 0) is 66.2 Å². The SMILES string of the molecule is O=[N+]([O-])c1ccc2c(c1)C1C3CCC(C3)C1C(c1ccccc1Cl)N2. The molecule has 128 valence electrons. The summed E-state index contributed by atoms with van der Waals surface area (Å²) < 4.78 is 0. The molecule has 25 heavy (non-hydrogen) atoms. The fraction of sp³-hybridized carbons (Fsp3) is 0.400. The minimum absolute atomic E-state index is 0.183. The van der Waals surface area contributed by atoms with E-state index < -0.39 is 0 Å². The van der Waals surface area contributed by atoms with Gasteiger partial charge in [-0.25, -0.2) is 0 Å². The molecule has 5 atom stereocenters. The van der Waals surface area contributed by atoms with Crippen molar-refractivity contribution in [3.05, 3.63) is 68.7 Å². The van der Waals surface area contributed by atoms with Gasteiger partial charge in [0.1, 0.15) is 0 Å². The normalized spacial score (nSPS) is 32.0. The molecule has 5 rings (SSSR count). The molecule has 4 nitrogen and oxygen atoms in total. The van der Waals surface area contributed by atoms with Crippen molar-refractivity contribution in [3.63, 3.8) is 0 Å². The molecule has 2 aromatic rings. The molecule has 1 N–H and O–H groups in total. The number of hydrogen-bond acceptors (Lipinski definition) is 3. The van der Waals surface area contributed by atoms with Crippen molar-refractivity contribution in [3.8, 4) is 0 Å². The third-order valence-electron chi connectivity index (χ3n) is 6.52. The number of rotatable bonds is 2. The van der Waals surface area contributed by atoms with Crippen molar-refractivity contribution < 1.29 is 4.92 Å². The Labute approximate surface area is 151 Å². The Morgan fingerprint density at radius 3 is 2.68 bits per heavy atom. The first-order chi connectivity index (χ1) is 12.1. The summed E-state index contributed by atoms with van der Waals surface area (Å²) in [6.07, 6.45) is 3.74. The summed E-state index contributed by atoms with van der Waals surface area (Å²) in [5, 5.41) is 15.7. The third kappa shape index (κ3) is 2.20. The first-order valence-corrected chi connectivity index (χ1v) is 9.30. The highest BCUT2D eigenvalue weighted by atomic mass is 35.5. The standard InChI is InChI=1S/C20H19ClN2O2/c21-16-4-2-1-3-14(16)20-19-12-6-5-11(9-12)18(19)15-10-13(23(24)25)7-8-17(15)22-20/h1-4,7-8,10-12,18-20,22H,5-6,9H2. The smallest absolute Gasteiger partial charge is 0.269 e. The second-order valence-corrected chi connectivity index (χ2v) is 8.02. The topological polar surface area (TPSA) is 55.2 Å². The Bertz CT molecular complexity index is 869. The lowest BCUT2D eigenvalue weighted by Crippen LogP contribution is -2.35. The lowest BCUT2D eigenvalue weighted by Gasteiger charge is -2.43. The maximum atomic E-state index is 11.2. The van der Waals surface area contributed by atoms with Crippen LogP contribution in [0.5, 0.6) is 0 Å². The summed E-state index contributed by atoms with van der Waals surface area (Å²) in [7, 11) is 0. The van der Waals surface area contributed by atoms with E-state index in [-0.39, 0.29) is 16.7 Å². The number of benzene rings is 2. The van der Waals surface area contributed by atoms with Gasteiger partial charge in [0.2, 0.25) is 0 Å². The highest BCUT2D eigenvalue weighted by molar-refractivity contribution is 6.31. The number of nitro benzene ring substituents is 1. The first-order valence-electron chi connectivity index (χ1n) is 8.93. The van der Waals surface area contributed by atoms with E-state index in [0.717, 1.165) is 21.8 Å². The molecule has 0 saturated heterocycles. The summed E-state index contributed by atoms with van der Waals surface area (Å²) in [5.41, 5.74) is 3.51. The second-order valence-electron chi connectivity index (χ2n) is 7.61. The van der Waals surface area contributed by atoms with Crippen LogP contribution in [0.25, 0.3) is 0 Å². The lowest BCUT2D eigenvalue weighted by molar-refractivity contribution is -0.384. The number of non-ortho nitro benzene ring substituents is 1. The molecule has 0 spiro atoms. The molecule has 2 aliphatic carbocycles. The zero-order valence-corrected chi connectivity index (χ0v) is 14.4. The van der Waals surface area contributed by atoms with Gasteiger partial charge in [-0.15, -0.1) is 0 Å². The van der Waals surface area contributed by atoms with E-state index in [9.17, 15) is 10.1 Å². The summed E-state index contributed by atoms with van der Waals surface area (Å²) in [6, 6.07) is 13.5. The zero-order valence-electron chi connectivity index (χ0n) is 13.7. The largest absolute Gasteiger partial charge is 0.378 e. The van der Waals surface area contributed by atoms with E-state index in [1.807, 2.05) is 24.3 Å². The average molecular weight is 355 g/mol. The van der Waals surface area contributed by atoms with Crippen molar-refractivity contribution >= 4 is 23.0 Å². The van der Waals surface area contributed by atoms with Crippen molar-refractivity contribution in [2.45, 2.75) is 31.2 Å². The van der Waals surface area contributed by atoms with E-state index >= 15 is 0 Å². The molecular weight excluding hydrogens is 336 g/mol. The van der Waals surface area contributed by atoms with Crippen LogP contribution < -0.4 is 5.32 Å².